The highest BCUT2D eigenvalue weighted by Gasteiger charge is 2.15. The quantitative estimate of drug-likeness (QED) is 0.690. The Kier molecular flexibility index (Phi) is 6.90. The highest BCUT2D eigenvalue weighted by atomic mass is 32.2. The zero-order valence-corrected chi connectivity index (χ0v) is 15.9. The third-order valence-electron chi connectivity index (χ3n) is 3.44. The Morgan fingerprint density at radius 1 is 1.08 bits per heavy atom. The van der Waals surface area contributed by atoms with Gasteiger partial charge in [0.2, 0.25) is 15.9 Å². The largest absolute Gasteiger partial charge is 0.349 e. The van der Waals surface area contributed by atoms with Gasteiger partial charge in [-0.25, -0.2) is 8.42 Å². The fourth-order valence-corrected chi connectivity index (χ4v) is 3.80. The molecule has 0 bridgehead atoms. The Morgan fingerprint density at radius 3 is 2.40 bits per heavy atom. The average Bonchev–Trinajstić information content (AvgIpc) is 2.54. The number of rotatable bonds is 8. The van der Waals surface area contributed by atoms with Crippen LogP contribution >= 0.6 is 11.8 Å². The molecule has 2 aromatic rings. The molecule has 0 heterocycles. The first kappa shape index (κ1) is 19.3. The van der Waals surface area contributed by atoms with Gasteiger partial charge in [-0.3, -0.25) is 9.52 Å². The van der Waals surface area contributed by atoms with Crippen LogP contribution in [0.25, 0.3) is 0 Å². The first-order chi connectivity index (χ1) is 11.8. The van der Waals surface area contributed by atoms with Crippen molar-refractivity contribution in [3.05, 3.63) is 60.2 Å². The summed E-state index contributed by atoms with van der Waals surface area (Å²) in [4.78, 5) is 13.3. The molecule has 0 aliphatic heterocycles. The van der Waals surface area contributed by atoms with Crippen LogP contribution in [0.1, 0.15) is 24.9 Å². The molecule has 2 aromatic carbocycles. The van der Waals surface area contributed by atoms with Crippen molar-refractivity contribution < 1.29 is 13.2 Å². The lowest BCUT2D eigenvalue weighted by molar-refractivity contribution is -0.121. The molecule has 1 unspecified atom stereocenters. The molecule has 0 aromatic heterocycles. The van der Waals surface area contributed by atoms with E-state index >= 15 is 0 Å². The number of anilines is 1. The Morgan fingerprint density at radius 2 is 1.72 bits per heavy atom. The molecule has 2 rings (SSSR count). The Balaban J connectivity index is 1.91. The molecule has 1 amide bonds. The maximum atomic E-state index is 12.2. The molecule has 0 aliphatic rings. The number of benzene rings is 2. The van der Waals surface area contributed by atoms with Gasteiger partial charge in [-0.05, 0) is 30.7 Å². The molecule has 5 nitrogen and oxygen atoms in total. The molecule has 25 heavy (non-hydrogen) atoms. The van der Waals surface area contributed by atoms with Crippen molar-refractivity contribution in [2.45, 2.75) is 24.3 Å². The van der Waals surface area contributed by atoms with Gasteiger partial charge in [0.15, 0.2) is 0 Å². The number of hydrogen-bond donors (Lipinski definition) is 2. The van der Waals surface area contributed by atoms with E-state index in [-0.39, 0.29) is 11.9 Å². The van der Waals surface area contributed by atoms with E-state index in [1.54, 1.807) is 30.0 Å². The molecule has 2 N–H and O–H groups in total. The van der Waals surface area contributed by atoms with Crippen molar-refractivity contribution >= 4 is 33.4 Å². The van der Waals surface area contributed by atoms with Gasteiger partial charge in [-0.15, -0.1) is 11.8 Å². The molecule has 1 atom stereocenters. The first-order valence-electron chi connectivity index (χ1n) is 7.89. The molecule has 0 aliphatic carbocycles. The predicted octanol–water partition coefficient (Wildman–Crippen LogP) is 3.42. The second-order valence-electron chi connectivity index (χ2n) is 5.66. The Labute approximate surface area is 153 Å². The minimum Gasteiger partial charge on any atom is -0.349 e. The Hall–Kier alpha value is -1.99. The second kappa shape index (κ2) is 8.92. The van der Waals surface area contributed by atoms with Gasteiger partial charge in [-0.2, -0.15) is 0 Å². The summed E-state index contributed by atoms with van der Waals surface area (Å²) in [5.41, 5.74) is 1.22. The third kappa shape index (κ3) is 6.80. The summed E-state index contributed by atoms with van der Waals surface area (Å²) < 4.78 is 25.4. The normalized spacial score (nSPS) is 12.4. The van der Waals surface area contributed by atoms with E-state index in [0.29, 0.717) is 17.9 Å². The third-order valence-corrected chi connectivity index (χ3v) is 5.05. The van der Waals surface area contributed by atoms with Gasteiger partial charge in [-0.1, -0.05) is 36.4 Å². The number of sulfonamides is 1. The topological polar surface area (TPSA) is 75.3 Å². The van der Waals surface area contributed by atoms with Crippen molar-refractivity contribution in [2.24, 2.45) is 0 Å². The highest BCUT2D eigenvalue weighted by Crippen LogP contribution is 2.24. The van der Waals surface area contributed by atoms with Crippen LogP contribution in [-0.4, -0.2) is 26.3 Å². The van der Waals surface area contributed by atoms with Crippen LogP contribution in [-0.2, 0) is 14.8 Å². The average molecular weight is 379 g/mol. The summed E-state index contributed by atoms with van der Waals surface area (Å²) in [7, 11) is -3.37. The summed E-state index contributed by atoms with van der Waals surface area (Å²) >= 11 is 1.63. The van der Waals surface area contributed by atoms with Gasteiger partial charge in [0.05, 0.1) is 18.0 Å². The number of carbonyl (C=O) groups is 1. The van der Waals surface area contributed by atoms with Crippen molar-refractivity contribution in [3.63, 3.8) is 0 Å². The molecule has 7 heteroatoms. The standard InChI is InChI=1S/C18H22N2O3S2/c1-14(16-10-6-7-11-17(16)20-25(2,22)23)19-18(21)12-13-24-15-8-4-3-5-9-15/h3-11,14,20H,12-13H2,1-2H3,(H,19,21). The van der Waals surface area contributed by atoms with Crippen molar-refractivity contribution in [1.29, 1.82) is 0 Å². The zero-order chi connectivity index (χ0) is 18.3. The summed E-state index contributed by atoms with van der Waals surface area (Å²) in [6.07, 6.45) is 1.50. The number of para-hydroxylation sites is 1. The van der Waals surface area contributed by atoms with Crippen LogP contribution < -0.4 is 10.0 Å². The lowest BCUT2D eigenvalue weighted by atomic mass is 10.1. The van der Waals surface area contributed by atoms with Gasteiger partial charge < -0.3 is 5.32 Å². The summed E-state index contributed by atoms with van der Waals surface area (Å²) in [6.45, 7) is 1.84. The number of amides is 1. The van der Waals surface area contributed by atoms with Gasteiger partial charge in [0.1, 0.15) is 0 Å². The van der Waals surface area contributed by atoms with E-state index in [4.69, 9.17) is 0 Å². The molecule has 0 saturated carbocycles. The van der Waals surface area contributed by atoms with E-state index in [9.17, 15) is 13.2 Å². The fraction of sp³-hybridized carbons (Fsp3) is 0.278. The summed E-state index contributed by atoms with van der Waals surface area (Å²) in [5.74, 6) is 0.622. The summed E-state index contributed by atoms with van der Waals surface area (Å²) in [6, 6.07) is 16.7. The zero-order valence-electron chi connectivity index (χ0n) is 14.2. The molecule has 0 saturated heterocycles. The molecular weight excluding hydrogens is 356 g/mol. The SMILES string of the molecule is CC(NC(=O)CCSc1ccccc1)c1ccccc1NS(C)(=O)=O. The minimum absolute atomic E-state index is 0.0647. The van der Waals surface area contributed by atoms with Crippen molar-refractivity contribution in [2.75, 3.05) is 16.7 Å². The number of thioether (sulfide) groups is 1. The van der Waals surface area contributed by atoms with Gasteiger partial charge in [0.25, 0.3) is 0 Å². The first-order valence-corrected chi connectivity index (χ1v) is 10.8. The number of carbonyl (C=O) groups excluding carboxylic acids is 1. The van der Waals surface area contributed by atoms with Crippen LogP contribution in [0.4, 0.5) is 5.69 Å². The lowest BCUT2D eigenvalue weighted by Gasteiger charge is -2.18. The molecular formula is C18H22N2O3S2. The Bertz CT molecular complexity index is 808. The van der Waals surface area contributed by atoms with Crippen LogP contribution in [0.15, 0.2) is 59.5 Å². The van der Waals surface area contributed by atoms with Crippen LogP contribution in [0.3, 0.4) is 0 Å². The van der Waals surface area contributed by atoms with E-state index in [2.05, 4.69) is 10.0 Å². The second-order valence-corrected chi connectivity index (χ2v) is 8.58. The number of nitrogens with one attached hydrogen (secondary N) is 2. The van der Waals surface area contributed by atoms with Gasteiger partial charge >= 0.3 is 0 Å². The smallest absolute Gasteiger partial charge is 0.229 e. The number of hydrogen-bond acceptors (Lipinski definition) is 4. The fourth-order valence-electron chi connectivity index (χ4n) is 2.34. The lowest BCUT2D eigenvalue weighted by Crippen LogP contribution is -2.27. The molecule has 0 spiro atoms. The monoisotopic (exact) mass is 378 g/mol. The van der Waals surface area contributed by atoms with Crippen molar-refractivity contribution in [1.82, 2.24) is 5.32 Å². The predicted molar refractivity (Wildman–Crippen MR) is 103 cm³/mol. The van der Waals surface area contributed by atoms with E-state index in [0.717, 1.165) is 16.7 Å². The van der Waals surface area contributed by atoms with Crippen LogP contribution in [0, 0.1) is 0 Å². The molecule has 0 radical (unpaired) electrons. The summed E-state index contributed by atoms with van der Waals surface area (Å²) in [5, 5.41) is 2.92. The van der Waals surface area contributed by atoms with E-state index in [1.807, 2.05) is 43.3 Å². The van der Waals surface area contributed by atoms with E-state index in [1.165, 1.54) is 0 Å². The molecule has 0 fully saturated rings. The maximum absolute atomic E-state index is 12.2. The molecule has 134 valence electrons. The van der Waals surface area contributed by atoms with Gasteiger partial charge in [0, 0.05) is 17.1 Å². The van der Waals surface area contributed by atoms with Crippen LogP contribution in [0.5, 0.6) is 0 Å². The van der Waals surface area contributed by atoms with Crippen molar-refractivity contribution in [3.8, 4) is 0 Å². The van der Waals surface area contributed by atoms with E-state index < -0.39 is 10.0 Å². The minimum atomic E-state index is -3.37. The maximum Gasteiger partial charge on any atom is 0.229 e. The van der Waals surface area contributed by atoms with Crippen LogP contribution in [0.2, 0.25) is 0 Å². The highest BCUT2D eigenvalue weighted by molar-refractivity contribution is 7.99.